The Bertz CT molecular complexity index is 811. The first kappa shape index (κ1) is 21.5. The van der Waals surface area contributed by atoms with Crippen LogP contribution in [0.3, 0.4) is 0 Å². The second-order valence-corrected chi connectivity index (χ2v) is 7.38. The second kappa shape index (κ2) is 11.1. The summed E-state index contributed by atoms with van der Waals surface area (Å²) in [5, 5.41) is 8.62. The highest BCUT2D eigenvalue weighted by Gasteiger charge is 2.26. The third kappa shape index (κ3) is 6.99. The van der Waals surface area contributed by atoms with Crippen molar-refractivity contribution < 1.29 is 19.1 Å². The Kier molecular flexibility index (Phi) is 7.94. The number of carbonyl (C=O) groups is 2. The normalized spacial score (nSPS) is 18.2. The fourth-order valence-corrected chi connectivity index (χ4v) is 3.55. The lowest BCUT2D eigenvalue weighted by molar-refractivity contribution is 0.0776. The first-order valence-corrected chi connectivity index (χ1v) is 10.3. The highest BCUT2D eigenvalue weighted by molar-refractivity contribution is 5.84. The van der Waals surface area contributed by atoms with Gasteiger partial charge in [-0.3, -0.25) is 5.32 Å². The van der Waals surface area contributed by atoms with Crippen LogP contribution in [0.2, 0.25) is 0 Å². The van der Waals surface area contributed by atoms with E-state index >= 15 is 0 Å². The number of nitrogens with one attached hydrogen (secondary N) is 3. The summed E-state index contributed by atoms with van der Waals surface area (Å²) in [5.74, 6) is 0.816. The highest BCUT2D eigenvalue weighted by atomic mass is 16.6. The lowest BCUT2D eigenvalue weighted by Gasteiger charge is -2.29. The molecule has 7 heteroatoms. The summed E-state index contributed by atoms with van der Waals surface area (Å²) in [6.45, 7) is 0.546. The van der Waals surface area contributed by atoms with Gasteiger partial charge in [0.1, 0.15) is 11.9 Å². The summed E-state index contributed by atoms with van der Waals surface area (Å²) in [6, 6.07) is 16.8. The van der Waals surface area contributed by atoms with E-state index in [9.17, 15) is 9.59 Å². The summed E-state index contributed by atoms with van der Waals surface area (Å²) in [4.78, 5) is 24.3. The van der Waals surface area contributed by atoms with Gasteiger partial charge in [-0.2, -0.15) is 0 Å². The lowest BCUT2D eigenvalue weighted by Crippen LogP contribution is -2.46. The number of anilines is 1. The number of rotatable bonds is 7. The molecule has 0 heterocycles. The molecule has 30 heavy (non-hydrogen) atoms. The maximum atomic E-state index is 12.2. The monoisotopic (exact) mass is 411 g/mol. The zero-order valence-corrected chi connectivity index (χ0v) is 17.2. The summed E-state index contributed by atoms with van der Waals surface area (Å²) in [5.41, 5.74) is 1.83. The van der Waals surface area contributed by atoms with Gasteiger partial charge in [0.2, 0.25) is 0 Å². The minimum atomic E-state index is -0.462. The molecule has 2 aromatic rings. The molecule has 1 aliphatic rings. The third-order valence-electron chi connectivity index (χ3n) is 5.11. The van der Waals surface area contributed by atoms with Crippen molar-refractivity contribution in [2.45, 2.75) is 44.2 Å². The number of urea groups is 1. The van der Waals surface area contributed by atoms with Crippen molar-refractivity contribution in [2.75, 3.05) is 19.0 Å². The molecule has 2 aromatic carbocycles. The summed E-state index contributed by atoms with van der Waals surface area (Å²) >= 11 is 0. The Hall–Kier alpha value is -3.22. The smallest absolute Gasteiger partial charge is 0.411 e. The van der Waals surface area contributed by atoms with Crippen LogP contribution in [0.1, 0.15) is 31.2 Å². The van der Waals surface area contributed by atoms with E-state index in [0.717, 1.165) is 37.0 Å². The third-order valence-corrected chi connectivity index (χ3v) is 5.11. The Morgan fingerprint density at radius 3 is 2.53 bits per heavy atom. The van der Waals surface area contributed by atoms with Gasteiger partial charge in [0.25, 0.3) is 0 Å². The molecule has 3 amide bonds. The highest BCUT2D eigenvalue weighted by Crippen LogP contribution is 2.22. The Labute approximate surface area is 177 Å². The fraction of sp³-hybridized carbons (Fsp3) is 0.391. The van der Waals surface area contributed by atoms with Crippen LogP contribution in [0.4, 0.5) is 15.3 Å². The van der Waals surface area contributed by atoms with Crippen molar-refractivity contribution in [1.82, 2.24) is 10.6 Å². The maximum absolute atomic E-state index is 12.2. The van der Waals surface area contributed by atoms with E-state index in [4.69, 9.17) is 9.47 Å². The topological polar surface area (TPSA) is 88.7 Å². The van der Waals surface area contributed by atoms with Crippen LogP contribution in [0.15, 0.2) is 54.6 Å². The van der Waals surface area contributed by atoms with Crippen molar-refractivity contribution in [3.8, 4) is 5.75 Å². The van der Waals surface area contributed by atoms with E-state index in [0.29, 0.717) is 18.7 Å². The quantitative estimate of drug-likeness (QED) is 0.640. The number of amides is 3. The summed E-state index contributed by atoms with van der Waals surface area (Å²) in [7, 11) is 1.64. The van der Waals surface area contributed by atoms with Crippen molar-refractivity contribution in [3.63, 3.8) is 0 Å². The lowest BCUT2D eigenvalue weighted by atomic mass is 9.93. The number of hydrogen-bond acceptors (Lipinski definition) is 4. The molecule has 1 fully saturated rings. The molecule has 160 valence electrons. The van der Waals surface area contributed by atoms with Gasteiger partial charge < -0.3 is 20.1 Å². The molecule has 0 aliphatic heterocycles. The number of methoxy groups -OCH3 is 1. The maximum Gasteiger partial charge on any atom is 0.411 e. The van der Waals surface area contributed by atoms with Crippen LogP contribution in [0.5, 0.6) is 5.75 Å². The van der Waals surface area contributed by atoms with Gasteiger partial charge >= 0.3 is 12.1 Å². The van der Waals surface area contributed by atoms with Gasteiger partial charge in [-0.05, 0) is 55.5 Å². The van der Waals surface area contributed by atoms with Crippen molar-refractivity contribution in [1.29, 1.82) is 0 Å². The van der Waals surface area contributed by atoms with Gasteiger partial charge in [-0.1, -0.05) is 30.3 Å². The van der Waals surface area contributed by atoms with Crippen LogP contribution >= 0.6 is 0 Å². The molecule has 0 radical (unpaired) electrons. The van der Waals surface area contributed by atoms with Crippen LogP contribution in [-0.4, -0.2) is 37.9 Å². The van der Waals surface area contributed by atoms with Gasteiger partial charge in [0.05, 0.1) is 7.11 Å². The van der Waals surface area contributed by atoms with E-state index in [1.54, 1.807) is 7.11 Å². The van der Waals surface area contributed by atoms with Crippen LogP contribution < -0.4 is 20.7 Å². The summed E-state index contributed by atoms with van der Waals surface area (Å²) in [6.07, 6.45) is 3.29. The molecule has 0 bridgehead atoms. The molecule has 2 atom stereocenters. The molecular weight excluding hydrogens is 382 g/mol. The molecular formula is C23H29N3O4. The zero-order chi connectivity index (χ0) is 21.2. The Balaban J connectivity index is 1.36. The van der Waals surface area contributed by atoms with E-state index < -0.39 is 6.09 Å². The van der Waals surface area contributed by atoms with Crippen molar-refractivity contribution in [3.05, 3.63) is 60.2 Å². The van der Waals surface area contributed by atoms with E-state index in [1.165, 1.54) is 0 Å². The molecule has 1 saturated carbocycles. The van der Waals surface area contributed by atoms with Gasteiger partial charge in [-0.15, -0.1) is 0 Å². The van der Waals surface area contributed by atoms with E-state index in [2.05, 4.69) is 16.0 Å². The molecule has 7 nitrogen and oxygen atoms in total. The molecule has 1 aliphatic carbocycles. The standard InChI is InChI=1S/C23H29N3O4/c1-29-20-12-10-17(11-13-20)14-15-24-22(27)25-19-8-5-9-21(16-19)30-23(28)26-18-6-3-2-4-7-18/h2-4,6-7,10-13,19,21H,5,8-9,14-16H2,1H3,(H,26,28)(H2,24,25,27)/t19-,21+/m0/s1. The van der Waals surface area contributed by atoms with E-state index in [1.807, 2.05) is 54.6 Å². The molecule has 3 rings (SSSR count). The largest absolute Gasteiger partial charge is 0.497 e. The van der Waals surface area contributed by atoms with Crippen LogP contribution in [0, 0.1) is 0 Å². The number of ether oxygens (including phenoxy) is 2. The number of benzene rings is 2. The van der Waals surface area contributed by atoms with Crippen molar-refractivity contribution in [2.24, 2.45) is 0 Å². The van der Waals surface area contributed by atoms with Crippen LogP contribution in [-0.2, 0) is 11.2 Å². The van der Waals surface area contributed by atoms with Crippen molar-refractivity contribution >= 4 is 17.8 Å². The first-order valence-electron chi connectivity index (χ1n) is 10.3. The van der Waals surface area contributed by atoms with Gasteiger partial charge in [-0.25, -0.2) is 9.59 Å². The Morgan fingerprint density at radius 2 is 1.80 bits per heavy atom. The SMILES string of the molecule is COc1ccc(CCNC(=O)N[C@H]2CCC[C@@H](OC(=O)Nc3ccccc3)C2)cc1. The minimum absolute atomic E-state index is 0.00531. The molecule has 0 spiro atoms. The molecule has 3 N–H and O–H groups in total. The van der Waals surface area contributed by atoms with Crippen LogP contribution in [0.25, 0.3) is 0 Å². The van der Waals surface area contributed by atoms with Gasteiger partial charge in [0.15, 0.2) is 0 Å². The number of para-hydroxylation sites is 1. The van der Waals surface area contributed by atoms with Gasteiger partial charge in [0, 0.05) is 24.7 Å². The van der Waals surface area contributed by atoms with E-state index in [-0.39, 0.29) is 18.2 Å². The minimum Gasteiger partial charge on any atom is -0.497 e. The molecule has 0 unspecified atom stereocenters. The average molecular weight is 412 g/mol. The number of hydrogen-bond donors (Lipinski definition) is 3. The molecule has 0 aromatic heterocycles. The average Bonchev–Trinajstić information content (AvgIpc) is 2.75. The predicted octanol–water partition coefficient (Wildman–Crippen LogP) is 4.10. The fourth-order valence-electron chi connectivity index (χ4n) is 3.55. The molecule has 0 saturated heterocycles. The number of carbonyl (C=O) groups excluding carboxylic acids is 2. The Morgan fingerprint density at radius 1 is 1.03 bits per heavy atom. The first-order chi connectivity index (χ1) is 14.6. The summed E-state index contributed by atoms with van der Waals surface area (Å²) < 4.78 is 10.7. The second-order valence-electron chi connectivity index (χ2n) is 7.38. The predicted molar refractivity (Wildman–Crippen MR) is 116 cm³/mol. The zero-order valence-electron chi connectivity index (χ0n) is 17.2.